The van der Waals surface area contributed by atoms with Gasteiger partial charge in [-0.15, -0.1) is 0 Å². The van der Waals surface area contributed by atoms with Crippen LogP contribution < -0.4 is 5.43 Å². The van der Waals surface area contributed by atoms with Crippen molar-refractivity contribution in [3.63, 3.8) is 0 Å². The number of pyridine rings is 1. The topological polar surface area (TPSA) is 67.5 Å². The Hall–Kier alpha value is -4.58. The molecule has 5 rings (SSSR count). The molecule has 0 saturated heterocycles. The first-order valence-corrected chi connectivity index (χ1v) is 10.3. The van der Waals surface area contributed by atoms with Crippen LogP contribution in [0.4, 0.5) is 4.39 Å². The summed E-state index contributed by atoms with van der Waals surface area (Å²) in [6, 6.07) is 28.4. The van der Waals surface area contributed by atoms with Crippen molar-refractivity contribution in [3.05, 3.63) is 114 Å². The average Bonchev–Trinajstić information content (AvgIpc) is 3.33. The lowest BCUT2D eigenvalue weighted by atomic mass is 10.0. The van der Waals surface area contributed by atoms with Crippen LogP contribution in [-0.4, -0.2) is 17.1 Å². The van der Waals surface area contributed by atoms with Crippen molar-refractivity contribution in [3.8, 4) is 22.6 Å². The molecule has 5 aromatic rings. The predicted molar refractivity (Wildman–Crippen MR) is 126 cm³/mol. The highest BCUT2D eigenvalue weighted by Crippen LogP contribution is 2.25. The average molecular weight is 435 g/mol. The molecule has 0 aliphatic heterocycles. The van der Waals surface area contributed by atoms with Gasteiger partial charge in [-0.25, -0.2) is 14.8 Å². The van der Waals surface area contributed by atoms with E-state index in [1.165, 1.54) is 18.3 Å². The third kappa shape index (κ3) is 4.41. The van der Waals surface area contributed by atoms with Gasteiger partial charge in [-0.05, 0) is 48.5 Å². The molecule has 3 aromatic carbocycles. The minimum Gasteiger partial charge on any atom is -0.455 e. The molecule has 0 fully saturated rings. The van der Waals surface area contributed by atoms with E-state index in [0.717, 1.165) is 22.0 Å². The van der Waals surface area contributed by atoms with Gasteiger partial charge >= 0.3 is 0 Å². The fraction of sp³-hybridized carbons (Fsp3) is 0. The molecule has 0 radical (unpaired) electrons. The van der Waals surface area contributed by atoms with E-state index in [1.807, 2.05) is 54.6 Å². The molecule has 5 nitrogen and oxygen atoms in total. The summed E-state index contributed by atoms with van der Waals surface area (Å²) in [4.78, 5) is 17.7. The summed E-state index contributed by atoms with van der Waals surface area (Å²) in [5.41, 5.74) is 6.14. The van der Waals surface area contributed by atoms with Crippen LogP contribution in [-0.2, 0) is 0 Å². The van der Waals surface area contributed by atoms with Gasteiger partial charge in [-0.2, -0.15) is 5.10 Å². The molecule has 0 saturated carbocycles. The summed E-state index contributed by atoms with van der Waals surface area (Å²) >= 11 is 0. The maximum atomic E-state index is 13.1. The van der Waals surface area contributed by atoms with Crippen LogP contribution in [0.1, 0.15) is 16.1 Å². The van der Waals surface area contributed by atoms with Gasteiger partial charge in [0.2, 0.25) is 0 Å². The third-order valence-electron chi connectivity index (χ3n) is 5.14. The van der Waals surface area contributed by atoms with Crippen molar-refractivity contribution in [2.45, 2.75) is 0 Å². The van der Waals surface area contributed by atoms with Crippen molar-refractivity contribution in [1.29, 1.82) is 0 Å². The number of hydrogen-bond acceptors (Lipinski definition) is 4. The molecule has 0 atom stereocenters. The van der Waals surface area contributed by atoms with E-state index in [9.17, 15) is 9.18 Å². The van der Waals surface area contributed by atoms with E-state index in [2.05, 4.69) is 10.5 Å². The van der Waals surface area contributed by atoms with Crippen molar-refractivity contribution in [1.82, 2.24) is 10.4 Å². The number of para-hydroxylation sites is 1. The molecule has 160 valence electrons. The summed E-state index contributed by atoms with van der Waals surface area (Å²) in [5, 5.41) is 4.79. The van der Waals surface area contributed by atoms with Gasteiger partial charge in [0.05, 0.1) is 23.0 Å². The van der Waals surface area contributed by atoms with Gasteiger partial charge in [0, 0.05) is 16.5 Å². The van der Waals surface area contributed by atoms with Gasteiger partial charge in [0.1, 0.15) is 17.3 Å². The molecule has 0 aliphatic rings. The second kappa shape index (κ2) is 8.88. The quantitative estimate of drug-likeness (QED) is 0.269. The number of aromatic nitrogens is 1. The second-order valence-electron chi connectivity index (χ2n) is 7.35. The first-order valence-electron chi connectivity index (χ1n) is 10.3. The Morgan fingerprint density at radius 2 is 1.64 bits per heavy atom. The zero-order valence-corrected chi connectivity index (χ0v) is 17.4. The highest BCUT2D eigenvalue weighted by molar-refractivity contribution is 6.07. The van der Waals surface area contributed by atoms with Crippen LogP contribution in [0, 0.1) is 5.82 Å². The molecule has 0 unspecified atom stereocenters. The Morgan fingerprint density at radius 1 is 0.879 bits per heavy atom. The molecular weight excluding hydrogens is 417 g/mol. The predicted octanol–water partition coefficient (Wildman–Crippen LogP) is 6.06. The number of benzene rings is 3. The highest BCUT2D eigenvalue weighted by atomic mass is 19.1. The van der Waals surface area contributed by atoms with Gasteiger partial charge < -0.3 is 4.42 Å². The highest BCUT2D eigenvalue weighted by Gasteiger charge is 2.13. The van der Waals surface area contributed by atoms with E-state index in [0.29, 0.717) is 22.8 Å². The molecule has 0 spiro atoms. The van der Waals surface area contributed by atoms with E-state index < -0.39 is 0 Å². The number of fused-ring (bicyclic) bond motifs is 1. The summed E-state index contributed by atoms with van der Waals surface area (Å²) < 4.78 is 18.8. The van der Waals surface area contributed by atoms with E-state index in [-0.39, 0.29) is 11.7 Å². The van der Waals surface area contributed by atoms with Crippen molar-refractivity contribution in [2.75, 3.05) is 0 Å². The number of furan rings is 1. The lowest BCUT2D eigenvalue weighted by Crippen LogP contribution is -2.18. The van der Waals surface area contributed by atoms with Crippen LogP contribution >= 0.6 is 0 Å². The summed E-state index contributed by atoms with van der Waals surface area (Å²) in [7, 11) is 0. The van der Waals surface area contributed by atoms with Crippen molar-refractivity contribution < 1.29 is 13.6 Å². The number of hydrazone groups is 1. The standard InChI is InChI=1S/C27H18FN3O2/c28-20-12-10-19(11-13-20)26-15-14-21(33-26)17-29-31-27(32)23-16-25(18-6-2-1-3-7-18)30-24-9-5-4-8-22(23)24/h1-17H,(H,31,32)/b29-17+. The minimum absolute atomic E-state index is 0.311. The first kappa shape index (κ1) is 20.3. The maximum absolute atomic E-state index is 13.1. The number of nitrogens with one attached hydrogen (secondary N) is 1. The molecule has 6 heteroatoms. The molecule has 2 aromatic heterocycles. The maximum Gasteiger partial charge on any atom is 0.272 e. The minimum atomic E-state index is -0.354. The third-order valence-corrected chi connectivity index (χ3v) is 5.14. The number of rotatable bonds is 5. The Labute approximate surface area is 189 Å². The van der Waals surface area contributed by atoms with E-state index in [1.54, 1.807) is 30.3 Å². The van der Waals surface area contributed by atoms with Gasteiger partial charge in [-0.1, -0.05) is 48.5 Å². The molecule has 1 amide bonds. The van der Waals surface area contributed by atoms with Crippen LogP contribution in [0.25, 0.3) is 33.5 Å². The van der Waals surface area contributed by atoms with E-state index >= 15 is 0 Å². The Bertz CT molecular complexity index is 1460. The number of carbonyl (C=O) groups is 1. The van der Waals surface area contributed by atoms with Gasteiger partial charge in [-0.3, -0.25) is 4.79 Å². The zero-order chi connectivity index (χ0) is 22.6. The first-order chi connectivity index (χ1) is 16.2. The van der Waals surface area contributed by atoms with Crippen LogP contribution in [0.15, 0.2) is 107 Å². The van der Waals surface area contributed by atoms with Crippen LogP contribution in [0.5, 0.6) is 0 Å². The molecule has 1 N–H and O–H groups in total. The lowest BCUT2D eigenvalue weighted by Gasteiger charge is -2.09. The van der Waals surface area contributed by atoms with Crippen LogP contribution in [0.2, 0.25) is 0 Å². The molecule has 0 bridgehead atoms. The second-order valence-corrected chi connectivity index (χ2v) is 7.35. The molecule has 2 heterocycles. The molecule has 0 aliphatic carbocycles. The normalized spacial score (nSPS) is 11.2. The fourth-order valence-electron chi connectivity index (χ4n) is 3.53. The van der Waals surface area contributed by atoms with Crippen molar-refractivity contribution >= 4 is 23.0 Å². The summed E-state index contributed by atoms with van der Waals surface area (Å²) in [6.07, 6.45) is 1.42. The summed E-state index contributed by atoms with van der Waals surface area (Å²) in [6.45, 7) is 0. The number of hydrogen-bond donors (Lipinski definition) is 1. The summed E-state index contributed by atoms with van der Waals surface area (Å²) in [5.74, 6) is 0.371. The SMILES string of the molecule is O=C(N/N=C/c1ccc(-c2ccc(F)cc2)o1)c1cc(-c2ccccc2)nc2ccccc12. The fourth-order valence-corrected chi connectivity index (χ4v) is 3.53. The number of halogens is 1. The number of nitrogens with zero attached hydrogens (tertiary/aromatic N) is 2. The largest absolute Gasteiger partial charge is 0.455 e. The number of carbonyl (C=O) groups excluding carboxylic acids is 1. The van der Waals surface area contributed by atoms with E-state index in [4.69, 9.17) is 9.40 Å². The molecule has 33 heavy (non-hydrogen) atoms. The van der Waals surface area contributed by atoms with Crippen molar-refractivity contribution in [2.24, 2.45) is 5.10 Å². The Balaban J connectivity index is 1.38. The monoisotopic (exact) mass is 435 g/mol. The zero-order valence-electron chi connectivity index (χ0n) is 17.4. The van der Waals surface area contributed by atoms with Crippen LogP contribution in [0.3, 0.4) is 0 Å². The smallest absolute Gasteiger partial charge is 0.272 e. The molecular formula is C27H18FN3O2. The number of amides is 1. The van der Waals surface area contributed by atoms with Gasteiger partial charge in [0.15, 0.2) is 0 Å². The lowest BCUT2D eigenvalue weighted by molar-refractivity contribution is 0.0956. The van der Waals surface area contributed by atoms with Gasteiger partial charge in [0.25, 0.3) is 5.91 Å². The Morgan fingerprint density at radius 3 is 2.45 bits per heavy atom. The Kier molecular flexibility index (Phi) is 5.47.